The molecule has 9 heteroatoms. The van der Waals surface area contributed by atoms with Crippen molar-refractivity contribution in [2.75, 3.05) is 11.8 Å². The summed E-state index contributed by atoms with van der Waals surface area (Å²) in [4.78, 5) is 44.9. The van der Waals surface area contributed by atoms with Crippen molar-refractivity contribution in [1.29, 1.82) is 0 Å². The molecule has 1 rings (SSSR count). The number of cyclic esters (lactones) is 2. The highest BCUT2D eigenvalue weighted by Gasteiger charge is 2.39. The Kier molecular flexibility index (Phi) is 5.78. The van der Waals surface area contributed by atoms with Crippen molar-refractivity contribution < 1.29 is 33.4 Å². The summed E-state index contributed by atoms with van der Waals surface area (Å²) >= 11 is 10.6. The Morgan fingerprint density at radius 2 is 1.26 bits per heavy atom. The van der Waals surface area contributed by atoms with Gasteiger partial charge in [-0.25, -0.2) is 9.59 Å². The Labute approximate surface area is 117 Å². The predicted molar refractivity (Wildman–Crippen MR) is 61.0 cm³/mol. The van der Waals surface area contributed by atoms with Gasteiger partial charge in [0, 0.05) is 11.8 Å². The van der Waals surface area contributed by atoms with E-state index in [4.69, 9.17) is 23.2 Å². The molecule has 0 spiro atoms. The van der Waals surface area contributed by atoms with E-state index in [1.165, 1.54) is 0 Å². The van der Waals surface area contributed by atoms with Crippen LogP contribution >= 0.6 is 23.2 Å². The number of carbonyl (C=O) groups excluding carboxylic acids is 4. The molecule has 0 bridgehead atoms. The molecule has 0 atom stereocenters. The van der Waals surface area contributed by atoms with Crippen LogP contribution in [-0.4, -0.2) is 35.6 Å². The molecule has 0 aromatic heterocycles. The molecule has 19 heavy (non-hydrogen) atoms. The molecular formula is C10H8Cl2O7. The largest absolute Gasteiger partial charge is 0.414 e. The zero-order valence-corrected chi connectivity index (χ0v) is 11.0. The van der Waals surface area contributed by atoms with Crippen LogP contribution in [0, 0.1) is 0 Å². The minimum absolute atomic E-state index is 0.0313. The van der Waals surface area contributed by atoms with E-state index in [1.54, 1.807) is 0 Å². The number of rotatable bonds is 6. The van der Waals surface area contributed by atoms with E-state index in [0.717, 1.165) is 0 Å². The van der Waals surface area contributed by atoms with Crippen molar-refractivity contribution in [3.8, 4) is 0 Å². The predicted octanol–water partition coefficient (Wildman–Crippen LogP) is 0.626. The molecule has 0 radical (unpaired) electrons. The van der Waals surface area contributed by atoms with Crippen LogP contribution in [0.1, 0.15) is 12.8 Å². The summed E-state index contributed by atoms with van der Waals surface area (Å²) < 4.78 is 13.3. The van der Waals surface area contributed by atoms with Gasteiger partial charge in [0.2, 0.25) is 0 Å². The molecule has 0 unspecified atom stereocenters. The van der Waals surface area contributed by atoms with Crippen LogP contribution in [0.2, 0.25) is 0 Å². The zero-order chi connectivity index (χ0) is 14.4. The van der Waals surface area contributed by atoms with E-state index < -0.39 is 35.4 Å². The van der Waals surface area contributed by atoms with Gasteiger partial charge in [0.25, 0.3) is 11.5 Å². The van der Waals surface area contributed by atoms with Crippen LogP contribution in [0.15, 0.2) is 11.5 Å². The van der Waals surface area contributed by atoms with Gasteiger partial charge in [0.15, 0.2) is 0 Å². The Bertz CT molecular complexity index is 415. The molecule has 104 valence electrons. The molecule has 0 amide bonds. The molecule has 0 fully saturated rings. The third-order valence-electron chi connectivity index (χ3n) is 1.79. The standard InChI is InChI=1S/C10H8Cl2O7/c11-3-1-5(13)17-7-8(10(16)19-9(7)15)18-6(14)2-4-12/h1-4H2. The van der Waals surface area contributed by atoms with E-state index in [2.05, 4.69) is 14.2 Å². The van der Waals surface area contributed by atoms with Gasteiger partial charge in [-0.2, -0.15) is 0 Å². The Morgan fingerprint density at radius 3 is 1.58 bits per heavy atom. The van der Waals surface area contributed by atoms with Gasteiger partial charge >= 0.3 is 23.9 Å². The summed E-state index contributed by atoms with van der Waals surface area (Å²) in [5.41, 5.74) is 0. The Hall–Kier alpha value is -1.60. The van der Waals surface area contributed by atoms with Gasteiger partial charge in [0.05, 0.1) is 12.8 Å². The van der Waals surface area contributed by atoms with Gasteiger partial charge < -0.3 is 14.2 Å². The topological polar surface area (TPSA) is 96.0 Å². The third kappa shape index (κ3) is 4.22. The molecule has 0 aromatic rings. The maximum atomic E-state index is 11.2. The van der Waals surface area contributed by atoms with E-state index in [1.807, 2.05) is 0 Å². The first-order chi connectivity index (χ1) is 8.99. The van der Waals surface area contributed by atoms with Gasteiger partial charge in [0.1, 0.15) is 0 Å². The lowest BCUT2D eigenvalue weighted by Gasteiger charge is -2.03. The highest BCUT2D eigenvalue weighted by Crippen LogP contribution is 2.21. The molecule has 1 aliphatic rings. The first-order valence-electron chi connectivity index (χ1n) is 5.03. The summed E-state index contributed by atoms with van der Waals surface area (Å²) in [7, 11) is 0. The fourth-order valence-corrected chi connectivity index (χ4v) is 1.33. The second-order valence-electron chi connectivity index (χ2n) is 3.16. The fourth-order valence-electron chi connectivity index (χ4n) is 1.02. The summed E-state index contributed by atoms with van der Waals surface area (Å²) in [6, 6.07) is 0. The van der Waals surface area contributed by atoms with Gasteiger partial charge in [-0.05, 0) is 0 Å². The fraction of sp³-hybridized carbons (Fsp3) is 0.400. The number of carbonyl (C=O) groups is 4. The maximum absolute atomic E-state index is 11.2. The van der Waals surface area contributed by atoms with Crippen LogP contribution in [0.4, 0.5) is 0 Å². The second kappa shape index (κ2) is 7.10. The van der Waals surface area contributed by atoms with Crippen molar-refractivity contribution in [2.24, 2.45) is 0 Å². The van der Waals surface area contributed by atoms with Crippen molar-refractivity contribution in [3.63, 3.8) is 0 Å². The molecule has 0 saturated heterocycles. The number of ether oxygens (including phenoxy) is 3. The first kappa shape index (κ1) is 15.5. The van der Waals surface area contributed by atoms with Gasteiger partial charge in [-0.3, -0.25) is 9.59 Å². The molecular weight excluding hydrogens is 303 g/mol. The average Bonchev–Trinajstić information content (AvgIpc) is 2.57. The van der Waals surface area contributed by atoms with Crippen LogP contribution in [0.25, 0.3) is 0 Å². The Morgan fingerprint density at radius 1 is 0.895 bits per heavy atom. The zero-order valence-electron chi connectivity index (χ0n) is 9.44. The second-order valence-corrected chi connectivity index (χ2v) is 3.92. The first-order valence-corrected chi connectivity index (χ1v) is 6.10. The number of hydrogen-bond acceptors (Lipinski definition) is 7. The van der Waals surface area contributed by atoms with Gasteiger partial charge in [-0.1, -0.05) is 0 Å². The smallest absolute Gasteiger partial charge is 0.386 e. The molecule has 0 saturated carbocycles. The van der Waals surface area contributed by atoms with E-state index in [-0.39, 0.29) is 24.6 Å². The molecule has 0 aliphatic carbocycles. The molecule has 1 heterocycles. The average molecular weight is 311 g/mol. The lowest BCUT2D eigenvalue weighted by atomic mass is 10.4. The van der Waals surface area contributed by atoms with E-state index in [9.17, 15) is 19.2 Å². The molecule has 7 nitrogen and oxygen atoms in total. The third-order valence-corrected chi connectivity index (χ3v) is 2.17. The van der Waals surface area contributed by atoms with Crippen LogP contribution < -0.4 is 0 Å². The minimum Gasteiger partial charge on any atom is -0.414 e. The number of esters is 4. The van der Waals surface area contributed by atoms with Crippen molar-refractivity contribution in [2.45, 2.75) is 12.8 Å². The summed E-state index contributed by atoms with van der Waals surface area (Å²) in [6.45, 7) is 0. The van der Waals surface area contributed by atoms with Crippen LogP contribution in [0.5, 0.6) is 0 Å². The molecule has 1 aliphatic heterocycles. The summed E-state index contributed by atoms with van der Waals surface area (Å²) in [6.07, 6.45) is -0.370. The number of halogens is 2. The monoisotopic (exact) mass is 310 g/mol. The van der Waals surface area contributed by atoms with Crippen LogP contribution in [0.3, 0.4) is 0 Å². The highest BCUT2D eigenvalue weighted by atomic mass is 35.5. The van der Waals surface area contributed by atoms with Crippen molar-refractivity contribution in [3.05, 3.63) is 11.5 Å². The SMILES string of the molecule is O=C(CCCl)OC1=C(OC(=O)CCCl)C(=O)OC1=O. The highest BCUT2D eigenvalue weighted by molar-refractivity contribution is 6.19. The van der Waals surface area contributed by atoms with Crippen molar-refractivity contribution in [1.82, 2.24) is 0 Å². The summed E-state index contributed by atoms with van der Waals surface area (Å²) in [5, 5.41) is 0. The van der Waals surface area contributed by atoms with Crippen molar-refractivity contribution >= 4 is 47.1 Å². The lowest BCUT2D eigenvalue weighted by molar-refractivity contribution is -0.157. The summed E-state index contributed by atoms with van der Waals surface area (Å²) in [5.74, 6) is -5.72. The Balaban J connectivity index is 2.87. The minimum atomic E-state index is -1.21. The number of alkyl halides is 2. The molecule has 0 N–H and O–H groups in total. The molecule has 0 aromatic carbocycles. The maximum Gasteiger partial charge on any atom is 0.386 e. The van der Waals surface area contributed by atoms with Gasteiger partial charge in [-0.15, -0.1) is 23.2 Å². The quantitative estimate of drug-likeness (QED) is 0.307. The normalized spacial score (nSPS) is 14.4. The van der Waals surface area contributed by atoms with E-state index in [0.29, 0.717) is 0 Å². The lowest BCUT2D eigenvalue weighted by Crippen LogP contribution is -2.13. The van der Waals surface area contributed by atoms with E-state index >= 15 is 0 Å². The number of hydrogen-bond donors (Lipinski definition) is 0. The van der Waals surface area contributed by atoms with Crippen LogP contribution in [-0.2, 0) is 33.4 Å².